The highest BCUT2D eigenvalue weighted by atomic mass is 16.5. The maximum Gasteiger partial charge on any atom is 0.407 e. The number of hydrogen-bond acceptors (Lipinski definition) is 4. The van der Waals surface area contributed by atoms with Crippen molar-refractivity contribution >= 4 is 18.0 Å². The first-order chi connectivity index (χ1) is 17.0. The van der Waals surface area contributed by atoms with Crippen LogP contribution in [0.1, 0.15) is 68.9 Å². The van der Waals surface area contributed by atoms with Gasteiger partial charge in [0.05, 0.1) is 6.42 Å². The SMILES string of the molecule is CCCCC(NC(=O)OCC1c2ccccc2-c2ccccc21)C(=O)N1CCCCC1CC(=O)O. The van der Waals surface area contributed by atoms with Gasteiger partial charge >= 0.3 is 12.1 Å². The molecule has 0 spiro atoms. The molecule has 1 heterocycles. The molecule has 0 saturated carbocycles. The summed E-state index contributed by atoms with van der Waals surface area (Å²) in [5, 5.41) is 12.1. The lowest BCUT2D eigenvalue weighted by atomic mass is 9.97. The minimum absolute atomic E-state index is 0.0556. The second-order valence-electron chi connectivity index (χ2n) is 9.44. The van der Waals surface area contributed by atoms with E-state index in [1.54, 1.807) is 4.90 Å². The number of benzene rings is 2. The van der Waals surface area contributed by atoms with Gasteiger partial charge in [-0.25, -0.2) is 4.79 Å². The molecule has 1 saturated heterocycles. The van der Waals surface area contributed by atoms with Crippen LogP contribution >= 0.6 is 0 Å². The van der Waals surface area contributed by atoms with Crippen LogP contribution in [0.3, 0.4) is 0 Å². The van der Waals surface area contributed by atoms with E-state index in [4.69, 9.17) is 4.74 Å². The summed E-state index contributed by atoms with van der Waals surface area (Å²) in [6, 6.07) is 15.2. The number of carboxylic acid groups (broad SMARTS) is 1. The zero-order chi connectivity index (χ0) is 24.8. The summed E-state index contributed by atoms with van der Waals surface area (Å²) < 4.78 is 5.66. The molecule has 7 nitrogen and oxygen atoms in total. The fourth-order valence-corrected chi connectivity index (χ4v) is 5.35. The number of carbonyl (C=O) groups is 3. The first-order valence-electron chi connectivity index (χ1n) is 12.6. The number of likely N-dealkylation sites (tertiary alicyclic amines) is 1. The Hall–Kier alpha value is -3.35. The van der Waals surface area contributed by atoms with Crippen LogP contribution in [0, 0.1) is 0 Å². The van der Waals surface area contributed by atoms with Crippen molar-refractivity contribution in [1.29, 1.82) is 0 Å². The van der Waals surface area contributed by atoms with E-state index in [-0.39, 0.29) is 30.9 Å². The topological polar surface area (TPSA) is 95.9 Å². The van der Waals surface area contributed by atoms with Crippen LogP contribution in [0.25, 0.3) is 11.1 Å². The number of hydrogen-bond donors (Lipinski definition) is 2. The van der Waals surface area contributed by atoms with E-state index in [0.717, 1.165) is 47.9 Å². The largest absolute Gasteiger partial charge is 0.481 e. The fourth-order valence-electron chi connectivity index (χ4n) is 5.35. The minimum Gasteiger partial charge on any atom is -0.481 e. The van der Waals surface area contributed by atoms with Gasteiger partial charge in [0, 0.05) is 18.5 Å². The van der Waals surface area contributed by atoms with E-state index in [1.807, 2.05) is 31.2 Å². The van der Waals surface area contributed by atoms with Crippen molar-refractivity contribution < 1.29 is 24.2 Å². The molecule has 186 valence electrons. The molecule has 2 atom stereocenters. The zero-order valence-corrected chi connectivity index (χ0v) is 20.2. The van der Waals surface area contributed by atoms with Gasteiger partial charge in [0.25, 0.3) is 0 Å². The lowest BCUT2D eigenvalue weighted by Gasteiger charge is -2.37. The lowest BCUT2D eigenvalue weighted by molar-refractivity contribution is -0.143. The number of amides is 2. The van der Waals surface area contributed by atoms with Gasteiger partial charge in [-0.2, -0.15) is 0 Å². The van der Waals surface area contributed by atoms with Crippen molar-refractivity contribution in [2.45, 2.75) is 69.9 Å². The molecule has 2 amide bonds. The molecule has 2 aromatic carbocycles. The number of nitrogens with one attached hydrogen (secondary N) is 1. The molecule has 2 aliphatic rings. The van der Waals surface area contributed by atoms with E-state index in [1.165, 1.54) is 0 Å². The van der Waals surface area contributed by atoms with E-state index < -0.39 is 18.1 Å². The van der Waals surface area contributed by atoms with Crippen LogP contribution in [-0.2, 0) is 14.3 Å². The third-order valence-electron chi connectivity index (χ3n) is 7.10. The third-order valence-corrected chi connectivity index (χ3v) is 7.10. The second kappa shape index (κ2) is 11.4. The molecule has 4 rings (SSSR count). The quantitative estimate of drug-likeness (QED) is 0.532. The van der Waals surface area contributed by atoms with Crippen LogP contribution in [0.4, 0.5) is 4.79 Å². The number of rotatable bonds is 9. The highest BCUT2D eigenvalue weighted by Crippen LogP contribution is 2.44. The summed E-state index contributed by atoms with van der Waals surface area (Å²) in [6.07, 6.45) is 3.88. The zero-order valence-electron chi connectivity index (χ0n) is 20.2. The molecule has 2 N–H and O–H groups in total. The molecule has 1 fully saturated rings. The smallest absolute Gasteiger partial charge is 0.407 e. The summed E-state index contributed by atoms with van der Waals surface area (Å²) in [5.41, 5.74) is 4.57. The van der Waals surface area contributed by atoms with Crippen LogP contribution in [0.2, 0.25) is 0 Å². The minimum atomic E-state index is -0.913. The summed E-state index contributed by atoms with van der Waals surface area (Å²) in [7, 11) is 0. The molecule has 1 aliphatic heterocycles. The average Bonchev–Trinajstić information content (AvgIpc) is 3.18. The number of carboxylic acids is 1. The normalized spacial score (nSPS) is 17.9. The van der Waals surface area contributed by atoms with E-state index in [2.05, 4.69) is 29.6 Å². The molecule has 0 radical (unpaired) electrons. The van der Waals surface area contributed by atoms with Crippen molar-refractivity contribution in [1.82, 2.24) is 10.2 Å². The van der Waals surface area contributed by atoms with Crippen molar-refractivity contribution in [3.63, 3.8) is 0 Å². The van der Waals surface area contributed by atoms with Gasteiger partial charge in [-0.3, -0.25) is 9.59 Å². The number of carbonyl (C=O) groups excluding carboxylic acids is 2. The Kier molecular flexibility index (Phi) is 8.06. The molecule has 2 unspecified atom stereocenters. The maximum absolute atomic E-state index is 13.4. The molecule has 1 aliphatic carbocycles. The van der Waals surface area contributed by atoms with Crippen molar-refractivity contribution in [2.24, 2.45) is 0 Å². The monoisotopic (exact) mass is 478 g/mol. The van der Waals surface area contributed by atoms with Gasteiger partial charge in [0.15, 0.2) is 0 Å². The first-order valence-corrected chi connectivity index (χ1v) is 12.6. The number of nitrogens with zero attached hydrogens (tertiary/aromatic N) is 1. The van der Waals surface area contributed by atoms with Crippen molar-refractivity contribution in [3.05, 3.63) is 59.7 Å². The second-order valence-corrected chi connectivity index (χ2v) is 9.44. The third kappa shape index (κ3) is 5.66. The summed E-state index contributed by atoms with van der Waals surface area (Å²) >= 11 is 0. The molecular weight excluding hydrogens is 444 g/mol. The maximum atomic E-state index is 13.4. The van der Waals surface area contributed by atoms with Gasteiger partial charge in [0.2, 0.25) is 5.91 Å². The highest BCUT2D eigenvalue weighted by Gasteiger charge is 2.34. The summed E-state index contributed by atoms with van der Waals surface area (Å²) in [5.74, 6) is -1.18. The first kappa shape index (κ1) is 24.8. The van der Waals surface area contributed by atoms with Gasteiger partial charge < -0.3 is 20.1 Å². The van der Waals surface area contributed by atoms with Gasteiger partial charge in [-0.05, 0) is 47.9 Å². The Morgan fingerprint density at radius 2 is 1.71 bits per heavy atom. The highest BCUT2D eigenvalue weighted by molar-refractivity contribution is 5.86. The molecular formula is C28H34N2O5. The van der Waals surface area contributed by atoms with Crippen LogP contribution in [0.15, 0.2) is 48.5 Å². The van der Waals surface area contributed by atoms with E-state index in [9.17, 15) is 19.5 Å². The number of alkyl carbamates (subject to hydrolysis) is 1. The van der Waals surface area contributed by atoms with Crippen LogP contribution in [-0.4, -0.2) is 53.2 Å². The fraction of sp³-hybridized carbons (Fsp3) is 0.464. The number of aliphatic carboxylic acids is 1. The lowest BCUT2D eigenvalue weighted by Crippen LogP contribution is -2.54. The Morgan fingerprint density at radius 1 is 1.06 bits per heavy atom. The molecule has 35 heavy (non-hydrogen) atoms. The summed E-state index contributed by atoms with van der Waals surface area (Å²) in [6.45, 7) is 2.73. The number of fused-ring (bicyclic) bond motifs is 3. The van der Waals surface area contributed by atoms with E-state index >= 15 is 0 Å². The molecule has 2 aromatic rings. The molecule has 7 heteroatoms. The Labute approximate surface area is 206 Å². The van der Waals surface area contributed by atoms with E-state index in [0.29, 0.717) is 19.4 Å². The number of unbranched alkanes of at least 4 members (excludes halogenated alkanes) is 1. The molecule has 0 bridgehead atoms. The number of ether oxygens (including phenoxy) is 1. The van der Waals surface area contributed by atoms with Gasteiger partial charge in [-0.15, -0.1) is 0 Å². The Balaban J connectivity index is 1.43. The van der Waals surface area contributed by atoms with Crippen molar-refractivity contribution in [2.75, 3.05) is 13.2 Å². The number of piperidine rings is 1. The van der Waals surface area contributed by atoms with Crippen molar-refractivity contribution in [3.8, 4) is 11.1 Å². The Bertz CT molecular complexity index is 1020. The predicted molar refractivity (Wildman–Crippen MR) is 133 cm³/mol. The Morgan fingerprint density at radius 3 is 2.34 bits per heavy atom. The van der Waals surface area contributed by atoms with Crippen LogP contribution < -0.4 is 5.32 Å². The van der Waals surface area contributed by atoms with Crippen LogP contribution in [0.5, 0.6) is 0 Å². The predicted octanol–water partition coefficient (Wildman–Crippen LogP) is 4.94. The molecule has 0 aromatic heterocycles. The standard InChI is InChI=1S/C28H34N2O5/c1-2-3-15-25(27(33)30-16-9-8-10-19(30)17-26(31)32)29-28(34)35-18-24-22-13-6-4-11-20(22)21-12-5-7-14-23(21)24/h4-7,11-14,19,24-25H,2-3,8-10,15-18H2,1H3,(H,29,34)(H,31,32). The summed E-state index contributed by atoms with van der Waals surface area (Å²) in [4.78, 5) is 39.2. The average molecular weight is 479 g/mol. The van der Waals surface area contributed by atoms with Gasteiger partial charge in [-0.1, -0.05) is 68.3 Å². The van der Waals surface area contributed by atoms with Gasteiger partial charge in [0.1, 0.15) is 12.6 Å².